The Bertz CT molecular complexity index is 3180. The van der Waals surface area contributed by atoms with E-state index in [4.69, 9.17) is 0 Å². The third-order valence-electron chi connectivity index (χ3n) is 16.3. The van der Waals surface area contributed by atoms with E-state index >= 15 is 0 Å². The van der Waals surface area contributed by atoms with Gasteiger partial charge in [0.1, 0.15) is 0 Å². The molecule has 1 heteroatoms. The highest BCUT2D eigenvalue weighted by molar-refractivity contribution is 6.33. The third kappa shape index (κ3) is 11.2. The predicted octanol–water partition coefficient (Wildman–Crippen LogP) is 22.2. The molecule has 0 bridgehead atoms. The average Bonchev–Trinajstić information content (AvgIpc) is 3.67. The molecule has 1 aliphatic rings. The summed E-state index contributed by atoms with van der Waals surface area (Å²) in [5, 5.41) is 11.1. The number of fused-ring (bicyclic) bond motifs is 5. The fourth-order valence-corrected chi connectivity index (χ4v) is 12.2. The van der Waals surface area contributed by atoms with E-state index in [0.717, 1.165) is 0 Å². The standard InChI is InChI=1S/C31H46.C22H16.C20H19N/c1-5-7-9-11-13-15-21-31(22-16-14-12-10-8-6-2)29-23-25(3)17-19-27(29)28-20-18-26(4)24-30(28)31;1-13-9-11-19-18-8-4-6-16-14(2)10-12-20(22(16)18)17-7-3-5-15(13)21(17)19;1-16-8-12-19(13-9-16)21(18-6-4-3-5-7-18)20-14-10-17(2)11-15-20/h17-20,23-24H,5-16,21-22H2,1-4H3;3-12H,1-2H3;3-15H,1-2H3. The molecule has 74 heavy (non-hydrogen) atoms. The fraction of sp³-hybridized carbons (Fsp3) is 0.315. The molecule has 0 fully saturated rings. The number of benzene rings is 10. The van der Waals surface area contributed by atoms with Crippen LogP contribution in [0.2, 0.25) is 0 Å². The highest BCUT2D eigenvalue weighted by atomic mass is 15.1. The van der Waals surface area contributed by atoms with E-state index < -0.39 is 0 Å². The van der Waals surface area contributed by atoms with Crippen LogP contribution < -0.4 is 4.90 Å². The number of rotatable bonds is 17. The molecule has 1 aliphatic carbocycles. The van der Waals surface area contributed by atoms with E-state index in [1.807, 2.05) is 6.07 Å². The van der Waals surface area contributed by atoms with Gasteiger partial charge >= 0.3 is 0 Å². The lowest BCUT2D eigenvalue weighted by Gasteiger charge is -2.33. The van der Waals surface area contributed by atoms with Crippen molar-refractivity contribution in [1.82, 2.24) is 0 Å². The number of hydrogen-bond donors (Lipinski definition) is 0. The van der Waals surface area contributed by atoms with Crippen molar-refractivity contribution >= 4 is 60.2 Å². The zero-order valence-electron chi connectivity index (χ0n) is 46.1. The summed E-state index contributed by atoms with van der Waals surface area (Å²) in [4.78, 5) is 2.28. The Morgan fingerprint density at radius 2 is 0.676 bits per heavy atom. The number of hydrogen-bond acceptors (Lipinski definition) is 1. The molecule has 0 amide bonds. The normalized spacial score (nSPS) is 12.4. The highest BCUT2D eigenvalue weighted by Gasteiger charge is 2.42. The Morgan fingerprint density at radius 1 is 0.311 bits per heavy atom. The monoisotopic (exact) mass is 972 g/mol. The van der Waals surface area contributed by atoms with Crippen LogP contribution in [0.15, 0.2) is 176 Å². The van der Waals surface area contributed by atoms with Crippen LogP contribution in [0, 0.1) is 41.5 Å². The fourth-order valence-electron chi connectivity index (χ4n) is 12.2. The molecule has 0 unspecified atom stereocenters. The van der Waals surface area contributed by atoms with Crippen LogP contribution in [0.25, 0.3) is 54.2 Å². The van der Waals surface area contributed by atoms with Gasteiger partial charge in [0.15, 0.2) is 0 Å². The van der Waals surface area contributed by atoms with Crippen molar-refractivity contribution in [2.24, 2.45) is 0 Å². The van der Waals surface area contributed by atoms with E-state index in [1.165, 1.54) is 195 Å². The van der Waals surface area contributed by atoms with Crippen LogP contribution in [-0.4, -0.2) is 0 Å². The maximum absolute atomic E-state index is 2.53. The molecule has 1 nitrogen and oxygen atoms in total. The van der Waals surface area contributed by atoms with Crippen LogP contribution in [0.3, 0.4) is 0 Å². The van der Waals surface area contributed by atoms with Gasteiger partial charge in [-0.15, -0.1) is 0 Å². The van der Waals surface area contributed by atoms with E-state index in [0.29, 0.717) is 0 Å². The van der Waals surface area contributed by atoms with Gasteiger partial charge in [-0.2, -0.15) is 0 Å². The lowest BCUT2D eigenvalue weighted by molar-refractivity contribution is 0.397. The Labute approximate surface area is 445 Å². The first-order chi connectivity index (χ1) is 36.1. The van der Waals surface area contributed by atoms with Crippen LogP contribution in [-0.2, 0) is 5.41 Å². The molecule has 0 aliphatic heterocycles. The van der Waals surface area contributed by atoms with Crippen LogP contribution in [0.1, 0.15) is 148 Å². The topological polar surface area (TPSA) is 3.24 Å². The number of nitrogens with zero attached hydrogens (tertiary/aromatic N) is 1. The van der Waals surface area contributed by atoms with E-state index in [2.05, 4.69) is 230 Å². The minimum Gasteiger partial charge on any atom is -0.311 e. The molecular formula is C73H81N. The second-order valence-electron chi connectivity index (χ2n) is 21.9. The van der Waals surface area contributed by atoms with Crippen molar-refractivity contribution in [3.8, 4) is 11.1 Å². The molecular weight excluding hydrogens is 891 g/mol. The van der Waals surface area contributed by atoms with Crippen molar-refractivity contribution in [2.45, 2.75) is 151 Å². The van der Waals surface area contributed by atoms with Gasteiger partial charge < -0.3 is 4.90 Å². The van der Waals surface area contributed by atoms with Gasteiger partial charge in [-0.05, 0) is 167 Å². The van der Waals surface area contributed by atoms with Crippen molar-refractivity contribution in [2.75, 3.05) is 4.90 Å². The first-order valence-corrected chi connectivity index (χ1v) is 28.4. The molecule has 10 aromatic carbocycles. The zero-order chi connectivity index (χ0) is 51.6. The number of para-hydroxylation sites is 1. The van der Waals surface area contributed by atoms with Gasteiger partial charge in [-0.1, -0.05) is 253 Å². The van der Waals surface area contributed by atoms with Gasteiger partial charge in [-0.25, -0.2) is 0 Å². The minimum atomic E-state index is 0.234. The summed E-state index contributed by atoms with van der Waals surface area (Å²) < 4.78 is 0. The smallest absolute Gasteiger partial charge is 0.0461 e. The Morgan fingerprint density at radius 3 is 1.11 bits per heavy atom. The lowest BCUT2D eigenvalue weighted by atomic mass is 9.70. The van der Waals surface area contributed by atoms with Crippen LogP contribution in [0.4, 0.5) is 17.1 Å². The summed E-state index contributed by atoms with van der Waals surface area (Å²) in [5.41, 5.74) is 18.1. The molecule has 0 saturated carbocycles. The van der Waals surface area contributed by atoms with Gasteiger partial charge in [0.2, 0.25) is 0 Å². The Balaban J connectivity index is 0.000000140. The maximum Gasteiger partial charge on any atom is 0.0461 e. The molecule has 0 aromatic heterocycles. The van der Waals surface area contributed by atoms with E-state index in [9.17, 15) is 0 Å². The predicted molar refractivity (Wildman–Crippen MR) is 326 cm³/mol. The number of aryl methyl sites for hydroxylation is 6. The van der Waals surface area contributed by atoms with Crippen molar-refractivity contribution in [1.29, 1.82) is 0 Å². The zero-order valence-corrected chi connectivity index (χ0v) is 46.1. The van der Waals surface area contributed by atoms with Crippen molar-refractivity contribution in [3.63, 3.8) is 0 Å². The summed E-state index contributed by atoms with van der Waals surface area (Å²) in [7, 11) is 0. The molecule has 0 spiro atoms. The first-order valence-electron chi connectivity index (χ1n) is 28.4. The summed E-state index contributed by atoms with van der Waals surface area (Å²) in [6.07, 6.45) is 19.2. The van der Waals surface area contributed by atoms with E-state index in [1.54, 1.807) is 11.1 Å². The maximum atomic E-state index is 2.53. The van der Waals surface area contributed by atoms with Gasteiger partial charge in [-0.3, -0.25) is 0 Å². The largest absolute Gasteiger partial charge is 0.311 e. The van der Waals surface area contributed by atoms with Crippen molar-refractivity contribution < 1.29 is 0 Å². The summed E-state index contributed by atoms with van der Waals surface area (Å²) >= 11 is 0. The van der Waals surface area contributed by atoms with Gasteiger partial charge in [0.05, 0.1) is 0 Å². The minimum absolute atomic E-state index is 0.234. The number of unbranched alkanes of at least 4 members (excludes halogenated alkanes) is 10. The average molecular weight is 972 g/mol. The van der Waals surface area contributed by atoms with Crippen molar-refractivity contribution in [3.05, 3.63) is 220 Å². The first kappa shape index (κ1) is 52.2. The molecule has 0 atom stereocenters. The molecule has 378 valence electrons. The number of anilines is 3. The second kappa shape index (κ2) is 24.1. The Kier molecular flexibility index (Phi) is 17.0. The molecule has 0 radical (unpaired) electrons. The van der Waals surface area contributed by atoms with E-state index in [-0.39, 0.29) is 5.41 Å². The molecule has 0 saturated heterocycles. The molecule has 0 N–H and O–H groups in total. The summed E-state index contributed by atoms with van der Waals surface area (Å²) in [6.45, 7) is 17.8. The quantitative estimate of drug-likeness (QED) is 0.0499. The molecule has 11 rings (SSSR count). The highest BCUT2D eigenvalue weighted by Crippen LogP contribution is 2.55. The van der Waals surface area contributed by atoms with Crippen LogP contribution >= 0.6 is 0 Å². The second-order valence-corrected chi connectivity index (χ2v) is 21.9. The summed E-state index contributed by atoms with van der Waals surface area (Å²) in [6, 6.07) is 64.7. The van der Waals surface area contributed by atoms with Crippen LogP contribution in [0.5, 0.6) is 0 Å². The van der Waals surface area contributed by atoms with Gasteiger partial charge in [0, 0.05) is 22.5 Å². The lowest BCUT2D eigenvalue weighted by Crippen LogP contribution is -2.25. The summed E-state index contributed by atoms with van der Waals surface area (Å²) in [5.74, 6) is 0. The molecule has 10 aromatic rings. The molecule has 0 heterocycles. The Hall–Kier alpha value is -6.70. The SMILES string of the molecule is CCCCCCCCC1(CCCCCCCC)c2cc(C)ccc2-c2ccc(C)cc21.Cc1ccc(N(c2ccccc2)c2ccc(C)cc2)cc1.Cc1ccc2c3cccc4c(C)ccc(c5cccc1c52)c43. The van der Waals surface area contributed by atoms with Gasteiger partial charge in [0.25, 0.3) is 0 Å². The third-order valence-corrected chi connectivity index (χ3v) is 16.3.